The molecule has 2 unspecified atom stereocenters. The van der Waals surface area contributed by atoms with Crippen molar-refractivity contribution in [3.05, 3.63) is 39.9 Å². The quantitative estimate of drug-likeness (QED) is 0.524. The van der Waals surface area contributed by atoms with Crippen LogP contribution >= 0.6 is 0 Å². The lowest BCUT2D eigenvalue weighted by molar-refractivity contribution is -0.384. The number of carbonyl (C=O) groups excluding carboxylic acids is 1. The van der Waals surface area contributed by atoms with Gasteiger partial charge in [-0.25, -0.2) is 9.59 Å². The second kappa shape index (κ2) is 7.38. The van der Waals surface area contributed by atoms with E-state index in [0.29, 0.717) is 12.0 Å². The van der Waals surface area contributed by atoms with Gasteiger partial charge in [0.15, 0.2) is 0 Å². The molecule has 2 atom stereocenters. The van der Waals surface area contributed by atoms with Crippen LogP contribution in [0.3, 0.4) is 0 Å². The van der Waals surface area contributed by atoms with Gasteiger partial charge in [-0.15, -0.1) is 0 Å². The molecule has 0 aliphatic carbocycles. The van der Waals surface area contributed by atoms with Crippen molar-refractivity contribution in [3.8, 4) is 0 Å². The third kappa shape index (κ3) is 3.90. The second-order valence-corrected chi connectivity index (χ2v) is 6.27. The zero-order valence-electron chi connectivity index (χ0n) is 14.0. The molecule has 10 heteroatoms. The molecule has 1 saturated heterocycles. The molecule has 0 saturated carbocycles. The van der Waals surface area contributed by atoms with Gasteiger partial charge in [-0.3, -0.25) is 19.8 Å². The number of nitrogens with one attached hydrogen (secondary N) is 1. The van der Waals surface area contributed by atoms with Gasteiger partial charge in [-0.1, -0.05) is 12.1 Å². The number of carbonyl (C=O) groups is 3. The molecule has 0 aromatic heterocycles. The number of aliphatic carboxylic acids is 1. The van der Waals surface area contributed by atoms with Crippen LogP contribution in [0.1, 0.15) is 25.3 Å². The average molecular weight is 365 g/mol. The molecule has 140 valence electrons. The summed E-state index contributed by atoms with van der Waals surface area (Å²) < 4.78 is 0. The molecule has 2 amide bonds. The van der Waals surface area contributed by atoms with Gasteiger partial charge in [0.25, 0.3) is 5.69 Å². The lowest BCUT2D eigenvalue weighted by Crippen LogP contribution is -2.65. The zero-order chi connectivity index (χ0) is 19.5. The van der Waals surface area contributed by atoms with Crippen LogP contribution in [-0.4, -0.2) is 56.1 Å². The van der Waals surface area contributed by atoms with Crippen molar-refractivity contribution in [1.29, 1.82) is 0 Å². The predicted octanol–water partition coefficient (Wildman–Crippen LogP) is 1.24. The SMILES string of the molecule is CC(=O)NC1CCC(Cc2ccc([N+](=O)[O-])cc2)(C(=O)O)N(C(=O)O)C1. The van der Waals surface area contributed by atoms with Crippen LogP contribution in [0.2, 0.25) is 0 Å². The van der Waals surface area contributed by atoms with E-state index < -0.39 is 28.6 Å². The number of benzene rings is 1. The third-order valence-electron chi connectivity index (χ3n) is 4.51. The monoisotopic (exact) mass is 365 g/mol. The smallest absolute Gasteiger partial charge is 0.408 e. The highest BCUT2D eigenvalue weighted by Gasteiger charge is 2.50. The number of hydrogen-bond acceptors (Lipinski definition) is 5. The Kier molecular flexibility index (Phi) is 5.44. The van der Waals surface area contributed by atoms with Gasteiger partial charge in [0.05, 0.1) is 4.92 Å². The molecule has 0 spiro atoms. The number of nitro groups is 1. The molecule has 1 fully saturated rings. The molecule has 0 bridgehead atoms. The van der Waals surface area contributed by atoms with Gasteiger partial charge in [0.1, 0.15) is 5.54 Å². The molecule has 1 aliphatic rings. The molecule has 3 N–H and O–H groups in total. The van der Waals surface area contributed by atoms with Crippen molar-refractivity contribution in [3.63, 3.8) is 0 Å². The van der Waals surface area contributed by atoms with Crippen LogP contribution in [-0.2, 0) is 16.0 Å². The van der Waals surface area contributed by atoms with Gasteiger partial charge in [0.2, 0.25) is 5.91 Å². The van der Waals surface area contributed by atoms with Gasteiger partial charge in [-0.05, 0) is 18.4 Å². The summed E-state index contributed by atoms with van der Waals surface area (Å²) >= 11 is 0. The molecule has 1 aromatic rings. The number of carboxylic acids is 1. The summed E-state index contributed by atoms with van der Waals surface area (Å²) in [6, 6.07) is 4.87. The lowest BCUT2D eigenvalue weighted by Gasteiger charge is -2.45. The molecule has 10 nitrogen and oxygen atoms in total. The van der Waals surface area contributed by atoms with Crippen LogP contribution in [0.15, 0.2) is 24.3 Å². The van der Waals surface area contributed by atoms with Crippen molar-refractivity contribution in [2.45, 2.75) is 37.8 Å². The second-order valence-electron chi connectivity index (χ2n) is 6.27. The Hall–Kier alpha value is -3.17. The number of carboxylic acid groups (broad SMARTS) is 2. The van der Waals surface area contributed by atoms with E-state index in [1.165, 1.54) is 31.2 Å². The summed E-state index contributed by atoms with van der Waals surface area (Å²) in [5.74, 6) is -1.61. The van der Waals surface area contributed by atoms with Gasteiger partial charge in [0, 0.05) is 38.1 Å². The predicted molar refractivity (Wildman–Crippen MR) is 88.7 cm³/mol. The molecular weight excluding hydrogens is 346 g/mol. The lowest BCUT2D eigenvalue weighted by atomic mass is 9.80. The summed E-state index contributed by atoms with van der Waals surface area (Å²) in [6.45, 7) is 1.16. The number of nitrogens with zero attached hydrogens (tertiary/aromatic N) is 2. The molecule has 1 heterocycles. The molecule has 1 aromatic carbocycles. The molecule has 0 radical (unpaired) electrons. The number of rotatable bonds is 5. The van der Waals surface area contributed by atoms with Crippen molar-refractivity contribution in [1.82, 2.24) is 10.2 Å². The highest BCUT2D eigenvalue weighted by molar-refractivity contribution is 5.85. The van der Waals surface area contributed by atoms with Crippen molar-refractivity contribution in [2.75, 3.05) is 6.54 Å². The first-order valence-electron chi connectivity index (χ1n) is 7.90. The van der Waals surface area contributed by atoms with Crippen molar-refractivity contribution < 1.29 is 29.5 Å². The van der Waals surface area contributed by atoms with Crippen LogP contribution in [0.25, 0.3) is 0 Å². The fourth-order valence-corrected chi connectivity index (χ4v) is 3.26. The zero-order valence-corrected chi connectivity index (χ0v) is 14.0. The Bertz CT molecular complexity index is 734. The minimum atomic E-state index is -1.70. The summed E-state index contributed by atoms with van der Waals surface area (Å²) in [6.07, 6.45) is -1.21. The third-order valence-corrected chi connectivity index (χ3v) is 4.51. The van der Waals surface area contributed by atoms with Gasteiger partial charge in [-0.2, -0.15) is 0 Å². The Labute approximate surface area is 148 Å². The maximum absolute atomic E-state index is 12.0. The minimum absolute atomic E-state index is 0.0105. The maximum atomic E-state index is 12.0. The Morgan fingerprint density at radius 1 is 1.31 bits per heavy atom. The summed E-state index contributed by atoms with van der Waals surface area (Å²) in [7, 11) is 0. The van der Waals surface area contributed by atoms with Gasteiger partial charge >= 0.3 is 12.1 Å². The van der Waals surface area contributed by atoms with E-state index in [1.807, 2.05) is 0 Å². The van der Waals surface area contributed by atoms with E-state index in [-0.39, 0.29) is 31.0 Å². The fraction of sp³-hybridized carbons (Fsp3) is 0.438. The average Bonchev–Trinajstić information content (AvgIpc) is 2.55. The number of non-ortho nitro benzene ring substituents is 1. The van der Waals surface area contributed by atoms with Crippen LogP contribution < -0.4 is 5.32 Å². The van der Waals surface area contributed by atoms with Crippen molar-refractivity contribution >= 4 is 23.7 Å². The van der Waals surface area contributed by atoms with Crippen LogP contribution in [0.5, 0.6) is 0 Å². The highest BCUT2D eigenvalue weighted by atomic mass is 16.6. The molecule has 1 aliphatic heterocycles. The van der Waals surface area contributed by atoms with E-state index in [0.717, 1.165) is 4.90 Å². The van der Waals surface area contributed by atoms with Crippen molar-refractivity contribution in [2.24, 2.45) is 0 Å². The first-order valence-corrected chi connectivity index (χ1v) is 7.90. The summed E-state index contributed by atoms with van der Waals surface area (Å²) in [5, 5.41) is 32.7. The number of hydrogen-bond donors (Lipinski definition) is 3. The largest absolute Gasteiger partial charge is 0.479 e. The normalized spacial score (nSPS) is 22.5. The van der Waals surface area contributed by atoms with E-state index >= 15 is 0 Å². The number of nitro benzene ring substituents is 1. The maximum Gasteiger partial charge on any atom is 0.408 e. The number of likely N-dealkylation sites (tertiary alicyclic amines) is 1. The van der Waals surface area contributed by atoms with E-state index in [2.05, 4.69) is 5.32 Å². The summed E-state index contributed by atoms with van der Waals surface area (Å²) in [5.41, 5.74) is -1.36. The Morgan fingerprint density at radius 3 is 2.38 bits per heavy atom. The van der Waals surface area contributed by atoms with Crippen LogP contribution in [0.4, 0.5) is 10.5 Å². The standard InChI is InChI=1S/C16H19N3O7/c1-10(20)17-12-6-7-16(14(21)22,18(9-12)15(23)24)8-11-2-4-13(5-3-11)19(25)26/h2-5,12H,6-9H2,1H3,(H,17,20)(H,21,22)(H,23,24). The number of amides is 2. The Morgan fingerprint density at radius 2 is 1.92 bits per heavy atom. The van der Waals surface area contributed by atoms with E-state index in [1.54, 1.807) is 0 Å². The minimum Gasteiger partial charge on any atom is -0.479 e. The highest BCUT2D eigenvalue weighted by Crippen LogP contribution is 2.33. The topological polar surface area (TPSA) is 150 Å². The van der Waals surface area contributed by atoms with E-state index in [9.17, 15) is 34.7 Å². The number of piperidine rings is 1. The summed E-state index contributed by atoms with van der Waals surface area (Å²) in [4.78, 5) is 45.9. The first kappa shape index (κ1) is 19.2. The Balaban J connectivity index is 2.31. The first-order chi connectivity index (χ1) is 12.2. The van der Waals surface area contributed by atoms with Crippen LogP contribution in [0, 0.1) is 10.1 Å². The van der Waals surface area contributed by atoms with Gasteiger partial charge < -0.3 is 15.5 Å². The molecule has 26 heavy (non-hydrogen) atoms. The van der Waals surface area contributed by atoms with E-state index in [4.69, 9.17) is 0 Å². The molecule has 2 rings (SSSR count). The molecular formula is C16H19N3O7. The fourth-order valence-electron chi connectivity index (χ4n) is 3.26.